The summed E-state index contributed by atoms with van der Waals surface area (Å²) in [4.78, 5) is 26.1. The van der Waals surface area contributed by atoms with Crippen LogP contribution in [0.1, 0.15) is 32.6 Å². The van der Waals surface area contributed by atoms with E-state index in [1.54, 1.807) is 4.90 Å². The number of anilines is 1. The van der Waals surface area contributed by atoms with Crippen molar-refractivity contribution >= 4 is 17.5 Å². The summed E-state index contributed by atoms with van der Waals surface area (Å²) in [6.07, 6.45) is 2.99. The molecule has 2 aliphatic rings. The van der Waals surface area contributed by atoms with Crippen molar-refractivity contribution in [3.05, 3.63) is 88.8 Å². The van der Waals surface area contributed by atoms with Gasteiger partial charge in [0.15, 0.2) is 0 Å². The molecule has 166 valence electrons. The molecule has 1 heterocycles. The Morgan fingerprint density at radius 2 is 1.94 bits per heavy atom. The topological polar surface area (TPSA) is 83.6 Å². The first-order valence-corrected chi connectivity index (χ1v) is 10.9. The van der Waals surface area contributed by atoms with Crippen LogP contribution in [0.2, 0.25) is 0 Å². The largest absolute Gasteiger partial charge is 0.396 e. The molecule has 3 aromatic rings. The van der Waals surface area contributed by atoms with Crippen LogP contribution in [0.5, 0.6) is 0 Å². The molecule has 3 N–H and O–H groups in total. The molecule has 6 heteroatoms. The van der Waals surface area contributed by atoms with Crippen molar-refractivity contribution in [2.24, 2.45) is 5.73 Å². The fraction of sp³-hybridized carbons (Fsp3) is 0.185. The van der Waals surface area contributed by atoms with Crippen LogP contribution in [0.3, 0.4) is 0 Å². The van der Waals surface area contributed by atoms with Gasteiger partial charge < -0.3 is 15.7 Å². The molecule has 0 saturated heterocycles. The highest BCUT2D eigenvalue weighted by molar-refractivity contribution is 6.04. The number of carbonyl (C=O) groups excluding carboxylic acids is 2. The fourth-order valence-electron chi connectivity index (χ4n) is 5.06. The Morgan fingerprint density at radius 3 is 2.67 bits per heavy atom. The van der Waals surface area contributed by atoms with E-state index in [-0.39, 0.29) is 18.1 Å². The third-order valence-corrected chi connectivity index (χ3v) is 6.57. The van der Waals surface area contributed by atoms with E-state index in [0.29, 0.717) is 41.6 Å². The number of fused-ring (bicyclic) bond motifs is 4. The Hall–Kier alpha value is -3.77. The van der Waals surface area contributed by atoms with E-state index < -0.39 is 11.7 Å². The number of hydrogen-bond donors (Lipinski definition) is 2. The lowest BCUT2D eigenvalue weighted by Crippen LogP contribution is -2.26. The van der Waals surface area contributed by atoms with Crippen LogP contribution >= 0.6 is 0 Å². The number of aliphatic hydroxyl groups is 1. The van der Waals surface area contributed by atoms with Crippen LogP contribution in [-0.4, -0.2) is 30.1 Å². The van der Waals surface area contributed by atoms with Gasteiger partial charge in [0, 0.05) is 30.0 Å². The average molecular weight is 442 g/mol. The summed E-state index contributed by atoms with van der Waals surface area (Å²) in [6, 6.07) is 12.7. The van der Waals surface area contributed by atoms with Gasteiger partial charge >= 0.3 is 0 Å². The van der Waals surface area contributed by atoms with Crippen molar-refractivity contribution in [2.45, 2.75) is 19.3 Å². The number of hydrogen-bond acceptors (Lipinski definition) is 3. The second-order valence-electron chi connectivity index (χ2n) is 8.43. The predicted molar refractivity (Wildman–Crippen MR) is 126 cm³/mol. The second-order valence-corrected chi connectivity index (χ2v) is 8.43. The maximum Gasteiger partial charge on any atom is 0.250 e. The number of aliphatic hydroxyl groups excluding tert-OH is 1. The van der Waals surface area contributed by atoms with Crippen LogP contribution in [0, 0.1) is 5.82 Å². The van der Waals surface area contributed by atoms with Gasteiger partial charge in [-0.15, -0.1) is 0 Å². The average Bonchev–Trinajstić information content (AvgIpc) is 3.39. The number of amides is 2. The van der Waals surface area contributed by atoms with Gasteiger partial charge in [0.2, 0.25) is 11.8 Å². The highest BCUT2D eigenvalue weighted by Gasteiger charge is 2.31. The maximum absolute atomic E-state index is 15.6. The summed E-state index contributed by atoms with van der Waals surface area (Å²) in [6.45, 7) is 4.17. The quantitative estimate of drug-likeness (QED) is 0.462. The van der Waals surface area contributed by atoms with Gasteiger partial charge in [-0.3, -0.25) is 9.59 Å². The number of nitrogens with zero attached hydrogens (tertiary/aromatic N) is 1. The summed E-state index contributed by atoms with van der Waals surface area (Å²) >= 11 is 0. The van der Waals surface area contributed by atoms with Crippen molar-refractivity contribution in [2.75, 3.05) is 18.1 Å². The van der Waals surface area contributed by atoms with E-state index in [9.17, 15) is 14.7 Å². The monoisotopic (exact) mass is 442 g/mol. The summed E-state index contributed by atoms with van der Waals surface area (Å²) in [5.74, 6) is -1.39. The van der Waals surface area contributed by atoms with Crippen molar-refractivity contribution < 1.29 is 19.1 Å². The zero-order chi connectivity index (χ0) is 23.3. The van der Waals surface area contributed by atoms with Crippen LogP contribution in [0.25, 0.3) is 22.3 Å². The maximum atomic E-state index is 15.6. The smallest absolute Gasteiger partial charge is 0.250 e. The number of benzene rings is 3. The minimum absolute atomic E-state index is 0.0349. The summed E-state index contributed by atoms with van der Waals surface area (Å²) in [5, 5.41) is 9.30. The first kappa shape index (κ1) is 21.1. The first-order chi connectivity index (χ1) is 15.9. The Morgan fingerprint density at radius 1 is 1.12 bits per heavy atom. The van der Waals surface area contributed by atoms with E-state index >= 15 is 4.39 Å². The molecule has 5 nitrogen and oxygen atoms in total. The Bertz CT molecular complexity index is 1350. The van der Waals surface area contributed by atoms with Gasteiger partial charge in [-0.05, 0) is 76.4 Å². The van der Waals surface area contributed by atoms with Gasteiger partial charge in [0.25, 0.3) is 0 Å². The molecule has 0 saturated carbocycles. The lowest BCUT2D eigenvalue weighted by Gasteiger charge is -2.18. The van der Waals surface area contributed by atoms with E-state index in [2.05, 4.69) is 6.58 Å². The molecule has 1 aliphatic carbocycles. The van der Waals surface area contributed by atoms with Crippen LogP contribution in [-0.2, 0) is 24.1 Å². The van der Waals surface area contributed by atoms with Gasteiger partial charge in [0.1, 0.15) is 5.82 Å². The van der Waals surface area contributed by atoms with E-state index in [0.717, 1.165) is 34.4 Å². The van der Waals surface area contributed by atoms with Crippen LogP contribution < -0.4 is 10.6 Å². The number of primary amides is 1. The lowest BCUT2D eigenvalue weighted by molar-refractivity contribution is -0.114. The Labute approximate surface area is 191 Å². The molecule has 1 aliphatic heterocycles. The zero-order valence-corrected chi connectivity index (χ0v) is 18.0. The Kier molecular flexibility index (Phi) is 5.10. The first-order valence-electron chi connectivity index (χ1n) is 10.9. The molecule has 0 radical (unpaired) electrons. The van der Waals surface area contributed by atoms with Crippen molar-refractivity contribution in [1.82, 2.24) is 0 Å². The number of carbonyl (C=O) groups is 2. The third-order valence-electron chi connectivity index (χ3n) is 6.57. The van der Waals surface area contributed by atoms with Crippen LogP contribution in [0.15, 0.2) is 55.1 Å². The molecule has 0 atom stereocenters. The standard InChI is InChI=1S/C27H23FN2O3/c1-2-24(32)30-9-7-16-4-5-17(13-23(16)30)25-22(28)14-21(27(29)33)20-12-18-11-15(8-10-31)3-6-19(18)26(20)25/h2-6,11,13-14,31H,1,7-10,12H2,(H2,29,33). The molecule has 33 heavy (non-hydrogen) atoms. The number of nitrogens with two attached hydrogens (primary N) is 1. The molecule has 2 amide bonds. The Balaban J connectivity index is 1.73. The van der Waals surface area contributed by atoms with Gasteiger partial charge in [0.05, 0.1) is 0 Å². The normalized spacial score (nSPS) is 13.5. The molecule has 3 aromatic carbocycles. The van der Waals surface area contributed by atoms with Crippen molar-refractivity contribution in [3.8, 4) is 22.3 Å². The third kappa shape index (κ3) is 3.34. The molecule has 0 aromatic heterocycles. The van der Waals surface area contributed by atoms with Crippen LogP contribution in [0.4, 0.5) is 10.1 Å². The minimum atomic E-state index is -0.670. The van der Waals surface area contributed by atoms with Gasteiger partial charge in [-0.1, -0.05) is 36.9 Å². The molecule has 0 unspecified atom stereocenters. The highest BCUT2D eigenvalue weighted by atomic mass is 19.1. The van der Waals surface area contributed by atoms with Crippen molar-refractivity contribution in [1.29, 1.82) is 0 Å². The number of halogens is 1. The fourth-order valence-corrected chi connectivity index (χ4v) is 5.06. The summed E-state index contributed by atoms with van der Waals surface area (Å²) in [5.41, 5.74) is 12.7. The van der Waals surface area contributed by atoms with Gasteiger partial charge in [-0.2, -0.15) is 0 Å². The molecular formula is C27H23FN2O3. The minimum Gasteiger partial charge on any atom is -0.396 e. The predicted octanol–water partition coefficient (Wildman–Crippen LogP) is 3.77. The lowest BCUT2D eigenvalue weighted by atomic mass is 9.90. The van der Waals surface area contributed by atoms with E-state index in [1.165, 1.54) is 12.1 Å². The molecule has 0 spiro atoms. The number of rotatable bonds is 5. The second kappa shape index (κ2) is 7.98. The molecule has 5 rings (SSSR count). The molecule has 0 bridgehead atoms. The van der Waals surface area contributed by atoms with Crippen molar-refractivity contribution in [3.63, 3.8) is 0 Å². The van der Waals surface area contributed by atoms with E-state index in [4.69, 9.17) is 5.73 Å². The highest BCUT2D eigenvalue weighted by Crippen LogP contribution is 2.47. The zero-order valence-electron chi connectivity index (χ0n) is 18.0. The SMILES string of the molecule is C=CC(=O)N1CCc2ccc(-c3c(F)cc(C(N)=O)c4c3-c3ccc(CCO)cc3C4)cc21. The summed E-state index contributed by atoms with van der Waals surface area (Å²) in [7, 11) is 0. The molecule has 0 fully saturated rings. The van der Waals surface area contributed by atoms with Gasteiger partial charge in [-0.25, -0.2) is 4.39 Å². The molecular weight excluding hydrogens is 419 g/mol. The van der Waals surface area contributed by atoms with E-state index in [1.807, 2.05) is 36.4 Å². The summed E-state index contributed by atoms with van der Waals surface area (Å²) < 4.78 is 15.6.